The van der Waals surface area contributed by atoms with Crippen LogP contribution >= 0.6 is 11.6 Å². The summed E-state index contributed by atoms with van der Waals surface area (Å²) in [7, 11) is 0. The number of hydrogen-bond acceptors (Lipinski definition) is 2. The highest BCUT2D eigenvalue weighted by Gasteiger charge is 2.16. The van der Waals surface area contributed by atoms with Crippen molar-refractivity contribution >= 4 is 29.1 Å². The van der Waals surface area contributed by atoms with Crippen molar-refractivity contribution in [3.8, 4) is 0 Å². The molecule has 0 atom stereocenters. The third-order valence-electron chi connectivity index (χ3n) is 2.34. The lowest BCUT2D eigenvalue weighted by Gasteiger charge is -2.20. The molecule has 0 aliphatic rings. The monoisotopic (exact) mass is 284 g/mol. The summed E-state index contributed by atoms with van der Waals surface area (Å²) in [5, 5.41) is 2.45. The van der Waals surface area contributed by atoms with Crippen LogP contribution in [0.1, 0.15) is 6.92 Å². The third-order valence-corrected chi connectivity index (χ3v) is 2.63. The lowest BCUT2D eigenvalue weighted by molar-refractivity contribution is -0.122. The van der Waals surface area contributed by atoms with Crippen molar-refractivity contribution in [2.45, 2.75) is 6.92 Å². The molecule has 1 aromatic carbocycles. The molecule has 0 saturated carbocycles. The van der Waals surface area contributed by atoms with Gasteiger partial charge in [0.15, 0.2) is 0 Å². The molecule has 1 aromatic rings. The number of anilines is 1. The fourth-order valence-corrected chi connectivity index (χ4v) is 1.60. The summed E-state index contributed by atoms with van der Waals surface area (Å²) in [6.45, 7) is 4.94. The highest BCUT2D eigenvalue weighted by molar-refractivity contribution is 6.31. The van der Waals surface area contributed by atoms with E-state index < -0.39 is 5.82 Å². The van der Waals surface area contributed by atoms with Crippen LogP contribution in [0, 0.1) is 5.82 Å². The second-order valence-electron chi connectivity index (χ2n) is 3.80. The van der Waals surface area contributed by atoms with Crippen LogP contribution < -0.4 is 10.2 Å². The molecule has 1 N–H and O–H groups in total. The van der Waals surface area contributed by atoms with Gasteiger partial charge in [0.25, 0.3) is 0 Å². The molecule has 0 bridgehead atoms. The van der Waals surface area contributed by atoms with Gasteiger partial charge < -0.3 is 10.2 Å². The molecule has 0 aliphatic heterocycles. The van der Waals surface area contributed by atoms with E-state index in [4.69, 9.17) is 11.6 Å². The van der Waals surface area contributed by atoms with Crippen LogP contribution in [-0.2, 0) is 9.59 Å². The Morgan fingerprint density at radius 2 is 2.21 bits per heavy atom. The number of nitrogens with one attached hydrogen (secondary N) is 1. The Morgan fingerprint density at radius 3 is 2.74 bits per heavy atom. The van der Waals surface area contributed by atoms with Crippen LogP contribution in [0.2, 0.25) is 5.02 Å². The van der Waals surface area contributed by atoms with Crippen molar-refractivity contribution in [3.63, 3.8) is 0 Å². The first kappa shape index (κ1) is 15.2. The van der Waals surface area contributed by atoms with Gasteiger partial charge in [-0.2, -0.15) is 0 Å². The van der Waals surface area contributed by atoms with Crippen LogP contribution in [0.4, 0.5) is 10.1 Å². The van der Waals surface area contributed by atoms with E-state index >= 15 is 0 Å². The molecule has 0 heterocycles. The number of rotatable bonds is 5. The number of carbonyl (C=O) groups is 2. The van der Waals surface area contributed by atoms with E-state index in [0.717, 1.165) is 6.07 Å². The molecule has 6 heteroatoms. The third kappa shape index (κ3) is 4.37. The maximum atomic E-state index is 13.1. The first-order valence-corrected chi connectivity index (χ1v) is 5.94. The second kappa shape index (κ2) is 6.89. The van der Waals surface area contributed by atoms with Gasteiger partial charge in [0.1, 0.15) is 12.4 Å². The maximum Gasteiger partial charge on any atom is 0.240 e. The van der Waals surface area contributed by atoms with Crippen molar-refractivity contribution in [3.05, 3.63) is 41.7 Å². The van der Waals surface area contributed by atoms with E-state index in [-0.39, 0.29) is 23.4 Å². The van der Waals surface area contributed by atoms with Crippen molar-refractivity contribution in [2.75, 3.05) is 18.0 Å². The summed E-state index contributed by atoms with van der Waals surface area (Å²) in [4.78, 5) is 24.3. The molecule has 0 aliphatic carbocycles. The van der Waals surface area contributed by atoms with Crippen LogP contribution in [0.25, 0.3) is 0 Å². The minimum Gasteiger partial charge on any atom is -0.351 e. The average Bonchev–Trinajstić information content (AvgIpc) is 2.36. The summed E-state index contributed by atoms with van der Waals surface area (Å²) in [6, 6.07) is 3.84. The quantitative estimate of drug-likeness (QED) is 0.842. The van der Waals surface area contributed by atoms with Gasteiger partial charge >= 0.3 is 0 Å². The maximum absolute atomic E-state index is 13.1. The van der Waals surface area contributed by atoms with Gasteiger partial charge in [-0.3, -0.25) is 9.59 Å². The highest BCUT2D eigenvalue weighted by Crippen LogP contribution is 2.22. The molecule has 0 aromatic heterocycles. The van der Waals surface area contributed by atoms with E-state index in [0.29, 0.717) is 12.2 Å². The van der Waals surface area contributed by atoms with Gasteiger partial charge in [-0.15, -0.1) is 6.58 Å². The Hall–Kier alpha value is -1.88. The van der Waals surface area contributed by atoms with Crippen molar-refractivity contribution in [1.82, 2.24) is 5.32 Å². The van der Waals surface area contributed by atoms with Crippen molar-refractivity contribution in [2.24, 2.45) is 0 Å². The first-order valence-electron chi connectivity index (χ1n) is 5.56. The molecule has 19 heavy (non-hydrogen) atoms. The molecule has 0 spiro atoms. The summed E-state index contributed by atoms with van der Waals surface area (Å²) in [5.74, 6) is -1.25. The van der Waals surface area contributed by atoms with Crippen LogP contribution in [0.15, 0.2) is 30.9 Å². The predicted octanol–water partition coefficient (Wildman–Crippen LogP) is 2.13. The molecule has 102 valence electrons. The van der Waals surface area contributed by atoms with Crippen LogP contribution in [-0.4, -0.2) is 24.9 Å². The fourth-order valence-electron chi connectivity index (χ4n) is 1.42. The van der Waals surface area contributed by atoms with Gasteiger partial charge in [-0.05, 0) is 18.2 Å². The SMILES string of the molecule is C=CCNC(=O)CN(C(C)=O)c1ccc(F)c(Cl)c1. The zero-order valence-corrected chi connectivity index (χ0v) is 11.2. The molecular weight excluding hydrogens is 271 g/mol. The molecule has 0 fully saturated rings. The smallest absolute Gasteiger partial charge is 0.240 e. The van der Waals surface area contributed by atoms with Gasteiger partial charge in [0.2, 0.25) is 11.8 Å². The second-order valence-corrected chi connectivity index (χ2v) is 4.20. The van der Waals surface area contributed by atoms with Gasteiger partial charge in [-0.25, -0.2) is 4.39 Å². The number of halogens is 2. The zero-order chi connectivity index (χ0) is 14.4. The van der Waals surface area contributed by atoms with E-state index in [2.05, 4.69) is 11.9 Å². The largest absolute Gasteiger partial charge is 0.351 e. The van der Waals surface area contributed by atoms with E-state index in [1.807, 2.05) is 0 Å². The highest BCUT2D eigenvalue weighted by atomic mass is 35.5. The van der Waals surface area contributed by atoms with E-state index in [9.17, 15) is 14.0 Å². The Bertz CT molecular complexity index is 505. The summed E-state index contributed by atoms with van der Waals surface area (Å²) < 4.78 is 13.1. The predicted molar refractivity (Wildman–Crippen MR) is 72.6 cm³/mol. The number of carbonyl (C=O) groups excluding carboxylic acids is 2. The van der Waals surface area contributed by atoms with Gasteiger partial charge in [0.05, 0.1) is 5.02 Å². The fraction of sp³-hybridized carbons (Fsp3) is 0.231. The number of hydrogen-bond donors (Lipinski definition) is 1. The normalized spacial score (nSPS) is 9.84. The minimum atomic E-state index is -0.579. The lowest BCUT2D eigenvalue weighted by atomic mass is 10.2. The lowest BCUT2D eigenvalue weighted by Crippen LogP contribution is -2.39. The summed E-state index contributed by atoms with van der Waals surface area (Å²) in [6.07, 6.45) is 1.53. The van der Waals surface area contributed by atoms with Gasteiger partial charge in [-0.1, -0.05) is 17.7 Å². The number of nitrogens with zero attached hydrogens (tertiary/aromatic N) is 1. The average molecular weight is 285 g/mol. The molecular formula is C13H14ClFN2O2. The number of benzene rings is 1. The molecule has 0 unspecified atom stereocenters. The van der Waals surface area contributed by atoms with Crippen molar-refractivity contribution in [1.29, 1.82) is 0 Å². The molecule has 2 amide bonds. The summed E-state index contributed by atoms with van der Waals surface area (Å²) >= 11 is 5.66. The van der Waals surface area contributed by atoms with Crippen LogP contribution in [0.5, 0.6) is 0 Å². The zero-order valence-electron chi connectivity index (χ0n) is 10.5. The van der Waals surface area contributed by atoms with Crippen molar-refractivity contribution < 1.29 is 14.0 Å². The Balaban J connectivity index is 2.88. The first-order chi connectivity index (χ1) is 8.95. The Labute approximate surface area is 115 Å². The van der Waals surface area contributed by atoms with Crippen LogP contribution in [0.3, 0.4) is 0 Å². The topological polar surface area (TPSA) is 49.4 Å². The molecule has 4 nitrogen and oxygen atoms in total. The van der Waals surface area contributed by atoms with E-state index in [1.165, 1.54) is 30.0 Å². The Morgan fingerprint density at radius 1 is 1.53 bits per heavy atom. The molecule has 0 radical (unpaired) electrons. The van der Waals surface area contributed by atoms with E-state index in [1.54, 1.807) is 0 Å². The standard InChI is InChI=1S/C13H14ClFN2O2/c1-3-6-16-13(19)8-17(9(2)18)10-4-5-12(15)11(14)7-10/h3-5,7H,1,6,8H2,2H3,(H,16,19). The Kier molecular flexibility index (Phi) is 5.51. The molecule has 1 rings (SSSR count). The van der Waals surface area contributed by atoms with Gasteiger partial charge in [0, 0.05) is 19.2 Å². The minimum absolute atomic E-state index is 0.102. The number of amides is 2. The summed E-state index contributed by atoms with van der Waals surface area (Å²) in [5.41, 5.74) is 0.368. The molecule has 0 saturated heterocycles.